The second kappa shape index (κ2) is 28.7. The summed E-state index contributed by atoms with van der Waals surface area (Å²) in [5.41, 5.74) is 9.07. The number of hydrogen-bond acceptors (Lipinski definition) is 24. The summed E-state index contributed by atoms with van der Waals surface area (Å²) >= 11 is 0. The van der Waals surface area contributed by atoms with Crippen LogP contribution in [0.25, 0.3) is 44.8 Å². The maximum Gasteiger partial charge on any atom is 1.00 e. The number of rotatable bonds is 18. The Balaban J connectivity index is 0.000000223. The molecule has 8 atom stereocenters. The molecule has 85 heavy (non-hydrogen) atoms. The van der Waals surface area contributed by atoms with Crippen molar-refractivity contribution in [3.8, 4) is 34.0 Å². The van der Waals surface area contributed by atoms with Gasteiger partial charge in [0.05, 0.1) is 45.5 Å². The van der Waals surface area contributed by atoms with Gasteiger partial charge in [0.1, 0.15) is 54.0 Å². The quantitative estimate of drug-likeness (QED) is 0.0374. The van der Waals surface area contributed by atoms with E-state index in [9.17, 15) is 57.1 Å². The Morgan fingerprint density at radius 1 is 0.624 bits per heavy atom. The number of anilines is 2. The van der Waals surface area contributed by atoms with Gasteiger partial charge in [-0.15, -0.1) is 0 Å². The first-order chi connectivity index (χ1) is 40.2. The molecule has 6 heterocycles. The zero-order valence-electron chi connectivity index (χ0n) is 46.4. The molecule has 0 spiro atoms. The van der Waals surface area contributed by atoms with E-state index in [4.69, 9.17) is 23.6 Å². The molecule has 2 amide bonds. The topological polar surface area (TPSA) is 420 Å². The van der Waals surface area contributed by atoms with Crippen LogP contribution in [-0.4, -0.2) is 165 Å². The fourth-order valence-electron chi connectivity index (χ4n) is 8.97. The molecular weight excluding hydrogens is 1160 g/mol. The molecule has 10 N–H and O–H groups in total. The van der Waals surface area contributed by atoms with Crippen LogP contribution in [0.15, 0.2) is 122 Å². The van der Waals surface area contributed by atoms with Crippen molar-refractivity contribution in [1.82, 2.24) is 48.5 Å². The van der Waals surface area contributed by atoms with Crippen molar-refractivity contribution in [1.29, 1.82) is 0 Å². The van der Waals surface area contributed by atoms with Gasteiger partial charge in [0.2, 0.25) is 0 Å². The summed E-state index contributed by atoms with van der Waals surface area (Å²) in [6.07, 6.45) is -7.24. The number of imidazole rings is 2. The van der Waals surface area contributed by atoms with Gasteiger partial charge in [0, 0.05) is 23.7 Å². The average Bonchev–Trinajstić information content (AvgIpc) is 3.52. The van der Waals surface area contributed by atoms with Crippen LogP contribution in [0, 0.1) is 0 Å². The molecule has 4 aromatic heterocycles. The molecule has 2 saturated heterocycles. The molecule has 0 saturated carbocycles. The van der Waals surface area contributed by atoms with Crippen molar-refractivity contribution in [2.75, 3.05) is 50.9 Å². The maximum atomic E-state index is 12.4. The summed E-state index contributed by atoms with van der Waals surface area (Å²) in [6.45, 7) is 9.00. The molecule has 0 unspecified atom stereocenters. The Hall–Kier alpha value is -7.34. The zero-order valence-corrected chi connectivity index (χ0v) is 50.0. The molecule has 8 aromatic rings. The van der Waals surface area contributed by atoms with Crippen molar-refractivity contribution >= 4 is 66.4 Å². The van der Waals surface area contributed by atoms with Gasteiger partial charge in [-0.05, 0) is 31.9 Å². The number of amides is 2. The Bertz CT molecular complexity index is 3820. The number of para-hydroxylation sites is 2. The van der Waals surface area contributed by atoms with E-state index in [1.54, 1.807) is 21.4 Å². The van der Waals surface area contributed by atoms with Crippen LogP contribution in [-0.2, 0) is 38.4 Å². The smallest absolute Gasteiger partial charge is 0.872 e. The third-order valence-electron chi connectivity index (χ3n) is 13.5. The fraction of sp³-hybridized carbons (Fsp3) is 0.321. The molecule has 32 heteroatoms. The third-order valence-corrected chi connectivity index (χ3v) is 15.3. The Morgan fingerprint density at radius 3 is 1.56 bits per heavy atom. The van der Waals surface area contributed by atoms with Crippen molar-refractivity contribution in [3.05, 3.63) is 133 Å². The van der Waals surface area contributed by atoms with Gasteiger partial charge >= 0.3 is 50.2 Å². The molecule has 446 valence electrons. The van der Waals surface area contributed by atoms with Crippen LogP contribution >= 0.6 is 0 Å². The molecule has 2 aliphatic heterocycles. The predicted molar refractivity (Wildman–Crippen MR) is 296 cm³/mol. The number of quaternary nitrogens is 1. The summed E-state index contributed by atoms with van der Waals surface area (Å²) in [5.74, 6) is -2.91. The number of ether oxygens (including phenoxy) is 2. The first-order valence-electron chi connectivity index (χ1n) is 26.0. The number of hydrogen-bond donors (Lipinski definition) is 9. The van der Waals surface area contributed by atoms with Gasteiger partial charge < -0.3 is 56.1 Å². The molecule has 10 rings (SSSR count). The minimum absolute atomic E-state index is 0. The number of aliphatic hydroxyl groups excluding tert-OH is 4. The van der Waals surface area contributed by atoms with Crippen molar-refractivity contribution in [2.45, 2.75) is 69.9 Å². The van der Waals surface area contributed by atoms with Crippen LogP contribution in [0.3, 0.4) is 0 Å². The van der Waals surface area contributed by atoms with E-state index in [1.165, 1.54) is 72.0 Å². The number of fused-ring (bicyclic) bond motifs is 2. The number of benzene rings is 4. The number of nitrogens with zero attached hydrogens (tertiary/aromatic N) is 8. The van der Waals surface area contributed by atoms with Crippen LogP contribution < -0.4 is 65.2 Å². The van der Waals surface area contributed by atoms with Gasteiger partial charge in [-0.2, -0.15) is 16.8 Å². The summed E-state index contributed by atoms with van der Waals surface area (Å²) in [4.78, 5) is 51.7. The molecule has 0 aliphatic carbocycles. The van der Waals surface area contributed by atoms with Crippen LogP contribution in [0.4, 0.5) is 11.6 Å². The van der Waals surface area contributed by atoms with E-state index in [-0.39, 0.29) is 57.9 Å². The Labute approximate surface area is 509 Å². The molecule has 2 fully saturated rings. The minimum Gasteiger partial charge on any atom is -0.872 e. The maximum absolute atomic E-state index is 12.4. The van der Waals surface area contributed by atoms with Gasteiger partial charge in [-0.25, -0.2) is 39.3 Å². The van der Waals surface area contributed by atoms with E-state index < -0.39 is 112 Å². The summed E-state index contributed by atoms with van der Waals surface area (Å²) in [6, 6.07) is 27.3. The number of nitrogens with two attached hydrogens (primary N) is 1. The fourth-order valence-corrected chi connectivity index (χ4v) is 10.4. The normalized spacial score (nSPS) is 20.2. The van der Waals surface area contributed by atoms with Gasteiger partial charge in [0.25, 0.3) is 11.8 Å². The van der Waals surface area contributed by atoms with Crippen molar-refractivity contribution in [3.63, 3.8) is 0 Å². The second-order valence-electron chi connectivity index (χ2n) is 18.7. The first-order valence-corrected chi connectivity index (χ1v) is 28.8. The summed E-state index contributed by atoms with van der Waals surface area (Å²) in [5, 5.41) is 68.7. The second-order valence-corrected chi connectivity index (χ2v) is 21.4. The summed E-state index contributed by atoms with van der Waals surface area (Å²) < 4.78 is 76.0. The van der Waals surface area contributed by atoms with E-state index in [0.717, 1.165) is 35.4 Å². The molecule has 4 aromatic carbocycles. The number of nitrogen functional groups attached to an aromatic ring is 1. The first kappa shape index (κ1) is 65.2. The Kier molecular flexibility index (Phi) is 22.0. The molecule has 29 nitrogen and oxygen atoms in total. The third kappa shape index (κ3) is 15.2. The van der Waals surface area contributed by atoms with Crippen molar-refractivity contribution in [2.24, 2.45) is 0 Å². The van der Waals surface area contributed by atoms with Gasteiger partial charge in [0.15, 0.2) is 41.2 Å². The van der Waals surface area contributed by atoms with E-state index in [1.807, 2.05) is 54.6 Å². The Morgan fingerprint density at radius 2 is 1.08 bits per heavy atom. The molecular formula is C53H60N13NaO16S2. The number of aromatic nitrogens is 8. The standard InChI is InChI=1S/C29H26N6O8S.C18H20N6O8S.C6H15N.Na/c30-25-22-27(33-26(32-25)18-11-5-4-10-17(18)16-8-2-1-3-9-16)35(15-31-22)29-24(38)23(37)21(43-29)14-42-44(40,41)34-28(39)19-12-6-7-13-20(19)36;1-19-15-12-16(21-7-20-15)24(8-22-12)18-14(27)13(26)11(32-18)6-31-33(29,30)23-17(28)9-4-2-3-5-10(9)25;1-4-7(5-2)6-3;/h1-13,15,21,23-24,29,36-38H,14H2,(H,34,39)(H2,30,32,33);2-5,7-8,11,13-14,18,25-27H,6H2,1H3,(H,23,28)(H,19,20,21);4-6H2,1-3H3;/q;;;+1/p-1/t21-,23-,24-,29-;11-,13-,14-,18-;;/m11../s1. The monoisotopic (exact) mass is 1220 g/mol. The van der Waals surface area contributed by atoms with E-state index >= 15 is 0 Å². The van der Waals surface area contributed by atoms with Crippen LogP contribution in [0.2, 0.25) is 0 Å². The minimum atomic E-state index is -4.72. The van der Waals surface area contributed by atoms with Crippen molar-refractivity contribution < 1.29 is 109 Å². The van der Waals surface area contributed by atoms with Crippen LogP contribution in [0.5, 0.6) is 11.5 Å². The number of carbonyl (C=O) groups is 2. The number of carbonyl (C=O) groups excluding carboxylic acids is 2. The number of aliphatic hydroxyl groups is 4. The largest absolute Gasteiger partial charge is 1.00 e. The van der Waals surface area contributed by atoms with Crippen LogP contribution in [0.1, 0.15) is 53.9 Å². The van der Waals surface area contributed by atoms with Gasteiger partial charge in [-0.3, -0.25) is 27.1 Å². The SMILES string of the molecule is CC[NH+](CC)CC.CNc1ncnc2c1ncn2[C@@H]1O[C@H](COS(=O)(=O)NC(=O)c2ccccc2[O-])[C@@H](O)[C@H]1O.Nc1nc(-c2ccccc2-c2ccccc2)nc2c1ncn2[C@@H]1O[C@H](COS(=O)(=O)NC(=O)c2ccccc2[O-])[C@@H](O)[C@H]1O.[Na+]. The van der Waals surface area contributed by atoms with E-state index in [2.05, 4.69) is 56.0 Å². The predicted octanol–water partition coefficient (Wildman–Crippen LogP) is -3.69. The zero-order chi connectivity index (χ0) is 60.5. The van der Waals surface area contributed by atoms with E-state index in [0.29, 0.717) is 22.5 Å². The van der Waals surface area contributed by atoms with Gasteiger partial charge in [-0.1, -0.05) is 115 Å². The molecule has 2 aliphatic rings. The molecule has 0 bridgehead atoms. The summed E-state index contributed by atoms with van der Waals surface area (Å²) in [7, 11) is -7.72. The average molecular weight is 1220 g/mol. The number of nitrogens with one attached hydrogen (secondary N) is 4. The molecule has 0 radical (unpaired) electrons.